The molecule has 3 rings (SSSR count). The number of furan rings is 1. The Morgan fingerprint density at radius 2 is 2.10 bits per heavy atom. The highest BCUT2D eigenvalue weighted by molar-refractivity contribution is 5.77. The second kappa shape index (κ2) is 5.25. The Kier molecular flexibility index (Phi) is 3.59. The Bertz CT molecular complexity index is 551. The van der Waals surface area contributed by atoms with E-state index < -0.39 is 0 Å². The number of fused-ring (bicyclic) bond motifs is 1. The molecule has 0 aliphatic heterocycles. The van der Waals surface area contributed by atoms with E-state index in [1.54, 1.807) is 0 Å². The average Bonchev–Trinajstić information content (AvgIpc) is 2.81. The highest BCUT2D eigenvalue weighted by atomic mass is 16.3. The van der Waals surface area contributed by atoms with Crippen LogP contribution in [0.3, 0.4) is 0 Å². The van der Waals surface area contributed by atoms with E-state index in [1.807, 2.05) is 12.1 Å². The molecule has 1 heterocycles. The molecule has 2 aromatic rings. The zero-order valence-corrected chi connectivity index (χ0v) is 12.8. The maximum Gasteiger partial charge on any atom is 0.134 e. The molecule has 0 spiro atoms. The first-order valence-electron chi connectivity index (χ1n) is 7.78. The summed E-state index contributed by atoms with van der Waals surface area (Å²) in [5, 5.41) is 4.95. The van der Waals surface area contributed by atoms with E-state index in [0.29, 0.717) is 11.5 Å². The minimum atomic E-state index is 0.279. The quantitative estimate of drug-likeness (QED) is 0.844. The van der Waals surface area contributed by atoms with Gasteiger partial charge in [-0.15, -0.1) is 0 Å². The van der Waals surface area contributed by atoms with Crippen molar-refractivity contribution in [3.05, 3.63) is 36.1 Å². The van der Waals surface area contributed by atoms with Crippen molar-refractivity contribution in [2.24, 2.45) is 5.41 Å². The molecule has 1 aliphatic carbocycles. The predicted molar refractivity (Wildman–Crippen MR) is 83.8 cm³/mol. The van der Waals surface area contributed by atoms with Gasteiger partial charge in [0.1, 0.15) is 11.3 Å². The Hall–Kier alpha value is -1.28. The molecule has 0 saturated heterocycles. The first-order chi connectivity index (χ1) is 9.53. The van der Waals surface area contributed by atoms with Gasteiger partial charge in [0.15, 0.2) is 0 Å². The molecule has 0 bridgehead atoms. The van der Waals surface area contributed by atoms with E-state index in [2.05, 4.69) is 44.3 Å². The van der Waals surface area contributed by atoms with Crippen molar-refractivity contribution in [3.63, 3.8) is 0 Å². The Morgan fingerprint density at radius 1 is 1.30 bits per heavy atom. The molecular formula is C18H25NO. The van der Waals surface area contributed by atoms with Crippen LogP contribution in [0.2, 0.25) is 0 Å². The van der Waals surface area contributed by atoms with Crippen molar-refractivity contribution < 1.29 is 4.42 Å². The monoisotopic (exact) mass is 271 g/mol. The molecule has 2 nitrogen and oxygen atoms in total. The molecule has 1 saturated carbocycles. The van der Waals surface area contributed by atoms with E-state index in [-0.39, 0.29) is 6.04 Å². The molecule has 2 heteroatoms. The molecule has 1 fully saturated rings. The molecular weight excluding hydrogens is 246 g/mol. The van der Waals surface area contributed by atoms with Gasteiger partial charge >= 0.3 is 0 Å². The fourth-order valence-corrected chi connectivity index (χ4v) is 3.49. The molecule has 0 radical (unpaired) electrons. The van der Waals surface area contributed by atoms with Crippen LogP contribution in [-0.4, -0.2) is 6.04 Å². The van der Waals surface area contributed by atoms with Crippen molar-refractivity contribution in [2.75, 3.05) is 0 Å². The summed E-state index contributed by atoms with van der Waals surface area (Å²) in [5.41, 5.74) is 1.46. The SMILES string of the molecule is CC(NC1CCCC(C)(C)C1)c1cc2ccccc2o1. The van der Waals surface area contributed by atoms with Gasteiger partial charge in [-0.05, 0) is 43.7 Å². The van der Waals surface area contributed by atoms with E-state index >= 15 is 0 Å². The zero-order chi connectivity index (χ0) is 14.2. The average molecular weight is 271 g/mol. The topological polar surface area (TPSA) is 25.2 Å². The molecule has 1 aliphatic rings. The predicted octanol–water partition coefficient (Wildman–Crippen LogP) is 5.05. The van der Waals surface area contributed by atoms with E-state index in [9.17, 15) is 0 Å². The van der Waals surface area contributed by atoms with Crippen LogP contribution in [0.25, 0.3) is 11.0 Å². The van der Waals surface area contributed by atoms with Crippen LogP contribution in [0.1, 0.15) is 58.3 Å². The van der Waals surface area contributed by atoms with Gasteiger partial charge < -0.3 is 9.73 Å². The van der Waals surface area contributed by atoms with Gasteiger partial charge in [0, 0.05) is 11.4 Å². The number of benzene rings is 1. The van der Waals surface area contributed by atoms with Crippen LogP contribution in [0.5, 0.6) is 0 Å². The van der Waals surface area contributed by atoms with Crippen molar-refractivity contribution in [1.82, 2.24) is 5.32 Å². The van der Waals surface area contributed by atoms with Crippen molar-refractivity contribution in [2.45, 2.75) is 58.5 Å². The van der Waals surface area contributed by atoms with Crippen LogP contribution < -0.4 is 5.32 Å². The minimum absolute atomic E-state index is 0.279. The number of hydrogen-bond acceptors (Lipinski definition) is 2. The molecule has 0 amide bonds. The largest absolute Gasteiger partial charge is 0.459 e. The molecule has 2 unspecified atom stereocenters. The summed E-state index contributed by atoms with van der Waals surface area (Å²) in [6, 6.07) is 11.3. The smallest absolute Gasteiger partial charge is 0.134 e. The third kappa shape index (κ3) is 2.90. The van der Waals surface area contributed by atoms with Gasteiger partial charge in [-0.25, -0.2) is 0 Å². The second-order valence-corrected chi connectivity index (χ2v) is 7.03. The van der Waals surface area contributed by atoms with Crippen LogP contribution in [0.4, 0.5) is 0 Å². The maximum atomic E-state index is 5.96. The summed E-state index contributed by atoms with van der Waals surface area (Å²) in [7, 11) is 0. The fourth-order valence-electron chi connectivity index (χ4n) is 3.49. The lowest BCUT2D eigenvalue weighted by Gasteiger charge is -2.36. The summed E-state index contributed by atoms with van der Waals surface area (Å²) in [6.45, 7) is 6.97. The molecule has 108 valence electrons. The van der Waals surface area contributed by atoms with Crippen molar-refractivity contribution >= 4 is 11.0 Å². The lowest BCUT2D eigenvalue weighted by molar-refractivity contribution is 0.188. The Morgan fingerprint density at radius 3 is 2.85 bits per heavy atom. The lowest BCUT2D eigenvalue weighted by Crippen LogP contribution is -2.38. The van der Waals surface area contributed by atoms with Crippen molar-refractivity contribution in [1.29, 1.82) is 0 Å². The molecule has 1 N–H and O–H groups in total. The van der Waals surface area contributed by atoms with E-state index in [0.717, 1.165) is 11.3 Å². The van der Waals surface area contributed by atoms with Crippen LogP contribution in [-0.2, 0) is 0 Å². The van der Waals surface area contributed by atoms with Gasteiger partial charge in [0.05, 0.1) is 6.04 Å². The van der Waals surface area contributed by atoms with Crippen molar-refractivity contribution in [3.8, 4) is 0 Å². The summed E-state index contributed by atoms with van der Waals surface area (Å²) in [6.07, 6.45) is 5.23. The minimum Gasteiger partial charge on any atom is -0.459 e. The van der Waals surface area contributed by atoms with Gasteiger partial charge in [0.2, 0.25) is 0 Å². The fraction of sp³-hybridized carbons (Fsp3) is 0.556. The maximum absolute atomic E-state index is 5.96. The standard InChI is InChI=1S/C18H25NO/c1-13(19-15-8-6-10-18(2,3)12-15)17-11-14-7-4-5-9-16(14)20-17/h4-5,7,9,11,13,15,19H,6,8,10,12H2,1-3H3. The van der Waals surface area contributed by atoms with Crippen LogP contribution >= 0.6 is 0 Å². The molecule has 2 atom stereocenters. The number of hydrogen-bond donors (Lipinski definition) is 1. The first kappa shape index (κ1) is 13.7. The van der Waals surface area contributed by atoms with E-state index in [1.165, 1.54) is 31.1 Å². The van der Waals surface area contributed by atoms with Gasteiger partial charge in [0.25, 0.3) is 0 Å². The first-order valence-corrected chi connectivity index (χ1v) is 7.78. The lowest BCUT2D eigenvalue weighted by atomic mass is 9.75. The van der Waals surface area contributed by atoms with Crippen LogP contribution in [0, 0.1) is 5.41 Å². The highest BCUT2D eigenvalue weighted by Crippen LogP contribution is 2.36. The highest BCUT2D eigenvalue weighted by Gasteiger charge is 2.29. The Balaban J connectivity index is 1.71. The normalized spacial score (nSPS) is 23.9. The third-order valence-electron chi connectivity index (χ3n) is 4.56. The molecule has 1 aromatic heterocycles. The number of nitrogens with one attached hydrogen (secondary N) is 1. The third-order valence-corrected chi connectivity index (χ3v) is 4.56. The van der Waals surface area contributed by atoms with Gasteiger partial charge in [-0.3, -0.25) is 0 Å². The molecule has 20 heavy (non-hydrogen) atoms. The summed E-state index contributed by atoms with van der Waals surface area (Å²) in [5.74, 6) is 1.05. The summed E-state index contributed by atoms with van der Waals surface area (Å²) in [4.78, 5) is 0. The summed E-state index contributed by atoms with van der Waals surface area (Å²) < 4.78 is 5.96. The molecule has 1 aromatic carbocycles. The second-order valence-electron chi connectivity index (χ2n) is 7.03. The number of para-hydroxylation sites is 1. The van der Waals surface area contributed by atoms with Gasteiger partial charge in [-0.2, -0.15) is 0 Å². The van der Waals surface area contributed by atoms with Gasteiger partial charge in [-0.1, -0.05) is 38.5 Å². The number of rotatable bonds is 3. The van der Waals surface area contributed by atoms with E-state index in [4.69, 9.17) is 4.42 Å². The zero-order valence-electron chi connectivity index (χ0n) is 12.8. The Labute approximate surface area is 121 Å². The summed E-state index contributed by atoms with van der Waals surface area (Å²) >= 11 is 0. The van der Waals surface area contributed by atoms with Crippen LogP contribution in [0.15, 0.2) is 34.7 Å².